The van der Waals surface area contributed by atoms with Crippen molar-refractivity contribution in [2.24, 2.45) is 0 Å². The fourth-order valence-electron chi connectivity index (χ4n) is 1.70. The Hall–Kier alpha value is -0.360. The molecule has 0 atom stereocenters. The molecule has 1 aromatic carbocycles. The van der Waals surface area contributed by atoms with Crippen molar-refractivity contribution in [3.8, 4) is 0 Å². The van der Waals surface area contributed by atoms with Crippen LogP contribution in [0.5, 0.6) is 0 Å². The summed E-state index contributed by atoms with van der Waals surface area (Å²) in [5.74, 6) is 0.954. The van der Waals surface area contributed by atoms with Gasteiger partial charge in [-0.2, -0.15) is 0 Å². The molecule has 1 heterocycles. The maximum Gasteiger partial charge on any atom is 0.103 e. The quantitative estimate of drug-likeness (QED) is 0.775. The molecule has 5 heteroatoms. The molecular formula is C14H15BrN2S2. The minimum atomic E-state index is 0.766. The van der Waals surface area contributed by atoms with Gasteiger partial charge in [0.05, 0.1) is 5.75 Å². The topological polar surface area (TPSA) is 24.9 Å². The first-order valence-corrected chi connectivity index (χ1v) is 8.94. The largest absolute Gasteiger partial charge is 0.309 e. The van der Waals surface area contributed by atoms with Crippen LogP contribution >= 0.6 is 39.0 Å². The monoisotopic (exact) mass is 354 g/mol. The van der Waals surface area contributed by atoms with Crippen molar-refractivity contribution in [2.45, 2.75) is 36.1 Å². The molecule has 0 bridgehead atoms. The Morgan fingerprint density at radius 3 is 2.84 bits per heavy atom. The van der Waals surface area contributed by atoms with Crippen LogP contribution in [-0.4, -0.2) is 11.0 Å². The molecule has 2 nitrogen and oxygen atoms in total. The fourth-order valence-corrected chi connectivity index (χ4v) is 3.74. The molecule has 3 rings (SSSR count). The summed E-state index contributed by atoms with van der Waals surface area (Å²) in [6, 6.07) is 9.20. The van der Waals surface area contributed by atoms with E-state index in [4.69, 9.17) is 0 Å². The van der Waals surface area contributed by atoms with Crippen molar-refractivity contribution in [2.75, 3.05) is 0 Å². The zero-order chi connectivity index (χ0) is 13.1. The third kappa shape index (κ3) is 4.31. The molecule has 0 aliphatic heterocycles. The lowest BCUT2D eigenvalue weighted by Gasteiger charge is -1.99. The number of hydrogen-bond donors (Lipinski definition) is 1. The van der Waals surface area contributed by atoms with Crippen LogP contribution in [0.4, 0.5) is 0 Å². The smallest absolute Gasteiger partial charge is 0.103 e. The SMILES string of the molecule is Brc1ccc(SCc2ncc(CNC3CC3)s2)cc1. The van der Waals surface area contributed by atoms with Gasteiger partial charge in [-0.3, -0.25) is 0 Å². The summed E-state index contributed by atoms with van der Waals surface area (Å²) in [7, 11) is 0. The van der Waals surface area contributed by atoms with E-state index < -0.39 is 0 Å². The normalized spacial score (nSPS) is 14.8. The second kappa shape index (κ2) is 6.39. The second-order valence-electron chi connectivity index (χ2n) is 4.62. The van der Waals surface area contributed by atoms with Crippen LogP contribution in [0.2, 0.25) is 0 Å². The van der Waals surface area contributed by atoms with Crippen molar-refractivity contribution in [3.63, 3.8) is 0 Å². The molecule has 2 aromatic rings. The van der Waals surface area contributed by atoms with E-state index in [1.54, 1.807) is 0 Å². The summed E-state index contributed by atoms with van der Waals surface area (Å²) in [6.07, 6.45) is 4.69. The average molecular weight is 355 g/mol. The molecule has 100 valence electrons. The molecule has 0 saturated heterocycles. The second-order valence-corrected chi connectivity index (χ2v) is 7.78. The lowest BCUT2D eigenvalue weighted by molar-refractivity contribution is 0.694. The van der Waals surface area contributed by atoms with Crippen LogP contribution in [0.15, 0.2) is 39.8 Å². The molecule has 19 heavy (non-hydrogen) atoms. The number of halogens is 1. The third-order valence-electron chi connectivity index (χ3n) is 2.92. The number of hydrogen-bond acceptors (Lipinski definition) is 4. The maximum absolute atomic E-state index is 4.50. The van der Waals surface area contributed by atoms with E-state index in [2.05, 4.69) is 50.5 Å². The minimum Gasteiger partial charge on any atom is -0.309 e. The molecule has 0 amide bonds. The van der Waals surface area contributed by atoms with Crippen LogP contribution in [0, 0.1) is 0 Å². The molecule has 1 saturated carbocycles. The number of thioether (sulfide) groups is 1. The summed E-state index contributed by atoms with van der Waals surface area (Å²) in [6.45, 7) is 0.977. The molecule has 0 unspecified atom stereocenters. The van der Waals surface area contributed by atoms with Crippen molar-refractivity contribution >= 4 is 39.0 Å². The van der Waals surface area contributed by atoms with Crippen molar-refractivity contribution in [1.29, 1.82) is 0 Å². The van der Waals surface area contributed by atoms with E-state index in [1.165, 1.54) is 27.6 Å². The zero-order valence-corrected chi connectivity index (χ0v) is 13.7. The number of nitrogens with zero attached hydrogens (tertiary/aromatic N) is 1. The number of rotatable bonds is 6. The zero-order valence-electron chi connectivity index (χ0n) is 10.4. The van der Waals surface area contributed by atoms with Gasteiger partial charge in [-0.25, -0.2) is 4.98 Å². The summed E-state index contributed by atoms with van der Waals surface area (Å²) in [5.41, 5.74) is 0. The minimum absolute atomic E-state index is 0.766. The van der Waals surface area contributed by atoms with Gasteiger partial charge in [0.15, 0.2) is 0 Å². The number of nitrogens with one attached hydrogen (secondary N) is 1. The van der Waals surface area contributed by atoms with E-state index in [-0.39, 0.29) is 0 Å². The number of benzene rings is 1. The van der Waals surface area contributed by atoms with Gasteiger partial charge in [-0.05, 0) is 37.1 Å². The first-order valence-electron chi connectivity index (χ1n) is 6.35. The van der Waals surface area contributed by atoms with Gasteiger partial charge in [0.1, 0.15) is 5.01 Å². The van der Waals surface area contributed by atoms with E-state index in [0.717, 1.165) is 22.8 Å². The maximum atomic E-state index is 4.50. The van der Waals surface area contributed by atoms with Gasteiger partial charge in [0.2, 0.25) is 0 Å². The highest BCUT2D eigenvalue weighted by Crippen LogP contribution is 2.27. The van der Waals surface area contributed by atoms with Gasteiger partial charge < -0.3 is 5.32 Å². The van der Waals surface area contributed by atoms with Crippen LogP contribution in [0.25, 0.3) is 0 Å². The number of aromatic nitrogens is 1. The summed E-state index contributed by atoms with van der Waals surface area (Å²) in [4.78, 5) is 7.13. The average Bonchev–Trinajstić information content (AvgIpc) is 3.15. The first-order chi connectivity index (χ1) is 9.29. The standard InChI is InChI=1S/C14H15BrN2S2/c15-10-1-5-12(6-2-10)18-9-14-17-8-13(19-14)7-16-11-3-4-11/h1-2,5-6,8,11,16H,3-4,7,9H2. The Morgan fingerprint density at radius 2 is 2.11 bits per heavy atom. The highest BCUT2D eigenvalue weighted by Gasteiger charge is 2.20. The Morgan fingerprint density at radius 1 is 1.32 bits per heavy atom. The lowest BCUT2D eigenvalue weighted by Crippen LogP contribution is -2.14. The Balaban J connectivity index is 1.50. The Labute approximate surface area is 130 Å². The van der Waals surface area contributed by atoms with Crippen molar-refractivity contribution in [3.05, 3.63) is 44.8 Å². The van der Waals surface area contributed by atoms with Crippen LogP contribution in [0.1, 0.15) is 22.7 Å². The molecule has 0 spiro atoms. The molecule has 1 aromatic heterocycles. The molecule has 1 aliphatic carbocycles. The highest BCUT2D eigenvalue weighted by molar-refractivity contribution is 9.10. The molecule has 1 N–H and O–H groups in total. The van der Waals surface area contributed by atoms with Crippen molar-refractivity contribution < 1.29 is 0 Å². The van der Waals surface area contributed by atoms with Crippen LogP contribution < -0.4 is 5.32 Å². The third-order valence-corrected chi connectivity index (χ3v) is 5.65. The fraction of sp³-hybridized carbons (Fsp3) is 0.357. The molecule has 0 radical (unpaired) electrons. The first kappa shape index (κ1) is 13.6. The predicted octanol–water partition coefficient (Wildman–Crippen LogP) is 4.45. The van der Waals surface area contributed by atoms with Gasteiger partial charge in [0, 0.05) is 33.0 Å². The predicted molar refractivity (Wildman–Crippen MR) is 85.7 cm³/mol. The van der Waals surface area contributed by atoms with E-state index >= 15 is 0 Å². The van der Waals surface area contributed by atoms with E-state index in [1.807, 2.05) is 29.3 Å². The van der Waals surface area contributed by atoms with Crippen LogP contribution in [-0.2, 0) is 12.3 Å². The summed E-state index contributed by atoms with van der Waals surface area (Å²) < 4.78 is 1.12. The lowest BCUT2D eigenvalue weighted by atomic mass is 10.4. The summed E-state index contributed by atoms with van der Waals surface area (Å²) >= 11 is 7.11. The van der Waals surface area contributed by atoms with E-state index in [9.17, 15) is 0 Å². The molecule has 1 aliphatic rings. The van der Waals surface area contributed by atoms with Crippen LogP contribution in [0.3, 0.4) is 0 Å². The molecule has 1 fully saturated rings. The van der Waals surface area contributed by atoms with Gasteiger partial charge in [-0.1, -0.05) is 15.9 Å². The number of thiazole rings is 1. The van der Waals surface area contributed by atoms with Gasteiger partial charge in [0.25, 0.3) is 0 Å². The Kier molecular flexibility index (Phi) is 4.58. The van der Waals surface area contributed by atoms with Gasteiger partial charge >= 0.3 is 0 Å². The summed E-state index contributed by atoms with van der Waals surface area (Å²) in [5, 5.41) is 4.73. The molecular weight excluding hydrogens is 340 g/mol. The van der Waals surface area contributed by atoms with Gasteiger partial charge in [-0.15, -0.1) is 23.1 Å². The van der Waals surface area contributed by atoms with E-state index in [0.29, 0.717) is 0 Å². The Bertz CT molecular complexity index is 535. The highest BCUT2D eigenvalue weighted by atomic mass is 79.9. The van der Waals surface area contributed by atoms with Crippen molar-refractivity contribution in [1.82, 2.24) is 10.3 Å².